The van der Waals surface area contributed by atoms with Gasteiger partial charge in [0.1, 0.15) is 0 Å². The Balaban J connectivity index is 1.92. The highest BCUT2D eigenvalue weighted by Crippen LogP contribution is 2.22. The second-order valence-electron chi connectivity index (χ2n) is 6.88. The van der Waals surface area contributed by atoms with Gasteiger partial charge in [0.15, 0.2) is 0 Å². The van der Waals surface area contributed by atoms with Crippen LogP contribution in [0.3, 0.4) is 0 Å². The van der Waals surface area contributed by atoms with Crippen LogP contribution in [0.15, 0.2) is 88.1 Å². The Morgan fingerprint density at radius 2 is 1.33 bits per heavy atom. The van der Waals surface area contributed by atoms with E-state index in [0.717, 1.165) is 11.4 Å². The fourth-order valence-corrected chi connectivity index (χ4v) is 3.49. The summed E-state index contributed by atoms with van der Waals surface area (Å²) in [6.07, 6.45) is 2.11. The Morgan fingerprint density at radius 3 is 1.96 bits per heavy atom. The van der Waals surface area contributed by atoms with Crippen molar-refractivity contribution in [1.29, 1.82) is 0 Å². The van der Waals surface area contributed by atoms with E-state index in [0.29, 0.717) is 0 Å². The number of aliphatic imine (C=N–C) groups is 1. The largest absolute Gasteiger partial charge is 0.248 e. The summed E-state index contributed by atoms with van der Waals surface area (Å²) in [5.41, 5.74) is 8.15. The molecule has 0 spiro atoms. The average Bonchev–Trinajstić information content (AvgIpc) is 2.64. The van der Waals surface area contributed by atoms with Crippen LogP contribution in [-0.4, -0.2) is 5.71 Å². The number of rotatable bonds is 5. The van der Waals surface area contributed by atoms with Crippen LogP contribution in [0, 0.1) is 27.7 Å². The molecule has 1 nitrogen and oxygen atoms in total. The minimum atomic E-state index is 0.973. The zero-order chi connectivity index (χ0) is 19.2. The molecular weight excluding hydrogens is 346 g/mol. The minimum absolute atomic E-state index is 0.973. The lowest BCUT2D eigenvalue weighted by Crippen LogP contribution is -2.00. The number of nitrogens with zero attached hydrogens (tertiary/aromatic N) is 1. The molecule has 0 fully saturated rings. The Kier molecular flexibility index (Phi) is 6.31. The smallest absolute Gasteiger partial charge is 0.0717 e. The van der Waals surface area contributed by atoms with Crippen molar-refractivity contribution in [2.45, 2.75) is 32.6 Å². The van der Waals surface area contributed by atoms with Gasteiger partial charge in [-0.25, -0.2) is 4.99 Å². The molecular formula is C25H25NS. The molecule has 0 unspecified atom stereocenters. The van der Waals surface area contributed by atoms with E-state index in [1.54, 1.807) is 11.8 Å². The van der Waals surface area contributed by atoms with Crippen molar-refractivity contribution in [1.82, 2.24) is 0 Å². The molecule has 0 aliphatic carbocycles. The molecule has 3 aromatic carbocycles. The molecule has 0 N–H and O–H groups in total. The number of allylic oxidation sites excluding steroid dienone is 1. The molecule has 0 aromatic heterocycles. The minimum Gasteiger partial charge on any atom is -0.248 e. The first-order chi connectivity index (χ1) is 13.0. The van der Waals surface area contributed by atoms with E-state index in [1.807, 2.05) is 0 Å². The third kappa shape index (κ3) is 5.45. The second-order valence-corrected chi connectivity index (χ2v) is 7.86. The van der Waals surface area contributed by atoms with Crippen molar-refractivity contribution in [2.75, 3.05) is 0 Å². The predicted molar refractivity (Wildman–Crippen MR) is 119 cm³/mol. The van der Waals surface area contributed by atoms with Crippen LogP contribution in [0.4, 0.5) is 5.69 Å². The first kappa shape index (κ1) is 19.2. The summed E-state index contributed by atoms with van der Waals surface area (Å²) in [6.45, 7) is 8.47. The molecule has 0 saturated heterocycles. The Bertz CT molecular complexity index is 964. The van der Waals surface area contributed by atoms with E-state index >= 15 is 0 Å². The predicted octanol–water partition coefficient (Wildman–Crippen LogP) is 7.35. The molecule has 136 valence electrons. The van der Waals surface area contributed by atoms with Crippen molar-refractivity contribution in [3.63, 3.8) is 0 Å². The Hall–Kier alpha value is -2.58. The number of benzene rings is 3. The van der Waals surface area contributed by atoms with Gasteiger partial charge in [-0.1, -0.05) is 70.9 Å². The second kappa shape index (κ2) is 8.88. The van der Waals surface area contributed by atoms with E-state index in [-0.39, 0.29) is 0 Å². The van der Waals surface area contributed by atoms with E-state index in [4.69, 9.17) is 4.99 Å². The summed E-state index contributed by atoms with van der Waals surface area (Å²) in [4.78, 5) is 6.15. The molecule has 0 bridgehead atoms. The van der Waals surface area contributed by atoms with Gasteiger partial charge in [0.2, 0.25) is 0 Å². The number of aryl methyl sites for hydroxylation is 4. The van der Waals surface area contributed by atoms with Crippen LogP contribution in [0.1, 0.15) is 27.8 Å². The summed E-state index contributed by atoms with van der Waals surface area (Å²) in [6, 6.07) is 23.4. The quantitative estimate of drug-likeness (QED) is 0.337. The van der Waals surface area contributed by atoms with Gasteiger partial charge in [-0.2, -0.15) is 0 Å². The molecule has 3 rings (SSSR count). The maximum atomic E-state index is 4.92. The molecule has 0 aliphatic rings. The molecule has 3 aromatic rings. The fourth-order valence-electron chi connectivity index (χ4n) is 2.84. The SMILES string of the molecule is Cc1ccc(N=C(/C=C/Sc2ccc(C)cc2)c2ccc(C)cc2C)cc1. The molecule has 0 radical (unpaired) electrons. The van der Waals surface area contributed by atoms with Gasteiger partial charge < -0.3 is 0 Å². The van der Waals surface area contributed by atoms with Gasteiger partial charge in [-0.05, 0) is 69.0 Å². The maximum Gasteiger partial charge on any atom is 0.0717 e. The molecule has 0 amide bonds. The standard InChI is InChI=1S/C25H25NS/c1-18-5-10-22(11-6-18)26-25(24-14-9-20(3)17-21(24)4)15-16-27-23-12-7-19(2)8-13-23/h5-17H,1-4H3/b16-15+,26-25?. The molecule has 2 heteroatoms. The van der Waals surface area contributed by atoms with Crippen molar-refractivity contribution in [3.05, 3.63) is 106 Å². The number of hydrogen-bond acceptors (Lipinski definition) is 2. The van der Waals surface area contributed by atoms with E-state index < -0.39 is 0 Å². The monoisotopic (exact) mass is 371 g/mol. The third-order valence-electron chi connectivity index (χ3n) is 4.39. The fraction of sp³-hybridized carbons (Fsp3) is 0.160. The van der Waals surface area contributed by atoms with Gasteiger partial charge in [-0.3, -0.25) is 0 Å². The molecule has 0 aliphatic heterocycles. The number of hydrogen-bond donors (Lipinski definition) is 0. The summed E-state index contributed by atoms with van der Waals surface area (Å²) < 4.78 is 0. The van der Waals surface area contributed by atoms with E-state index in [2.05, 4.69) is 106 Å². The van der Waals surface area contributed by atoms with E-state index in [9.17, 15) is 0 Å². The van der Waals surface area contributed by atoms with Gasteiger partial charge in [0.05, 0.1) is 11.4 Å². The first-order valence-corrected chi connectivity index (χ1v) is 10.0. The third-order valence-corrected chi connectivity index (χ3v) is 5.21. The Labute approximate surface area is 166 Å². The van der Waals surface area contributed by atoms with Crippen LogP contribution in [0.2, 0.25) is 0 Å². The first-order valence-electron chi connectivity index (χ1n) is 9.14. The summed E-state index contributed by atoms with van der Waals surface area (Å²) in [5, 5.41) is 2.12. The highest BCUT2D eigenvalue weighted by molar-refractivity contribution is 8.02. The van der Waals surface area contributed by atoms with Crippen molar-refractivity contribution in [2.24, 2.45) is 4.99 Å². The van der Waals surface area contributed by atoms with Crippen LogP contribution < -0.4 is 0 Å². The summed E-state index contributed by atoms with van der Waals surface area (Å²) in [5.74, 6) is 0. The van der Waals surface area contributed by atoms with Gasteiger partial charge >= 0.3 is 0 Å². The van der Waals surface area contributed by atoms with Crippen molar-refractivity contribution >= 4 is 23.2 Å². The maximum absolute atomic E-state index is 4.92. The topological polar surface area (TPSA) is 12.4 Å². The zero-order valence-corrected chi connectivity index (χ0v) is 17.2. The normalized spacial score (nSPS) is 11.9. The molecule has 27 heavy (non-hydrogen) atoms. The van der Waals surface area contributed by atoms with Crippen LogP contribution in [0.25, 0.3) is 0 Å². The zero-order valence-electron chi connectivity index (χ0n) is 16.4. The highest BCUT2D eigenvalue weighted by atomic mass is 32.2. The van der Waals surface area contributed by atoms with Gasteiger partial charge in [-0.15, -0.1) is 0 Å². The van der Waals surface area contributed by atoms with Crippen molar-refractivity contribution in [3.8, 4) is 0 Å². The lowest BCUT2D eigenvalue weighted by molar-refractivity contribution is 1.36. The number of thioether (sulfide) groups is 1. The molecule has 0 saturated carbocycles. The van der Waals surface area contributed by atoms with Crippen LogP contribution in [0.5, 0.6) is 0 Å². The summed E-state index contributed by atoms with van der Waals surface area (Å²) in [7, 11) is 0. The van der Waals surface area contributed by atoms with Crippen LogP contribution >= 0.6 is 11.8 Å². The highest BCUT2D eigenvalue weighted by Gasteiger charge is 2.05. The van der Waals surface area contributed by atoms with Gasteiger partial charge in [0.25, 0.3) is 0 Å². The molecule has 0 atom stereocenters. The molecule has 0 heterocycles. The lowest BCUT2D eigenvalue weighted by atomic mass is 10.0. The average molecular weight is 372 g/mol. The summed E-state index contributed by atoms with van der Waals surface area (Å²) >= 11 is 1.71. The van der Waals surface area contributed by atoms with Gasteiger partial charge in [0, 0.05) is 10.5 Å². The lowest BCUT2D eigenvalue weighted by Gasteiger charge is -2.08. The van der Waals surface area contributed by atoms with Crippen LogP contribution in [-0.2, 0) is 0 Å². The Morgan fingerprint density at radius 1 is 0.741 bits per heavy atom. The van der Waals surface area contributed by atoms with Crippen molar-refractivity contribution < 1.29 is 0 Å². The van der Waals surface area contributed by atoms with E-state index in [1.165, 1.54) is 32.7 Å².